The number of benzene rings is 2. The zero-order valence-corrected chi connectivity index (χ0v) is 15.6. The molecule has 0 unspecified atom stereocenters. The number of anilines is 1. The van der Waals surface area contributed by atoms with Gasteiger partial charge in [0.25, 0.3) is 0 Å². The summed E-state index contributed by atoms with van der Waals surface area (Å²) >= 11 is 0. The van der Waals surface area contributed by atoms with Crippen LogP contribution in [0.15, 0.2) is 65.7 Å². The summed E-state index contributed by atoms with van der Waals surface area (Å²) in [7, 11) is -3.47. The molecule has 1 fully saturated rings. The minimum atomic E-state index is -3.47. The number of para-hydroxylation sites is 1. The Morgan fingerprint density at radius 3 is 2.52 bits per heavy atom. The van der Waals surface area contributed by atoms with Crippen LogP contribution in [-0.2, 0) is 21.4 Å². The van der Waals surface area contributed by atoms with Crippen LogP contribution in [0.2, 0.25) is 0 Å². The van der Waals surface area contributed by atoms with Gasteiger partial charge in [0.05, 0.1) is 4.90 Å². The molecule has 27 heavy (non-hydrogen) atoms. The van der Waals surface area contributed by atoms with Crippen LogP contribution < -0.4 is 10.0 Å². The number of rotatable bonds is 7. The molecule has 2 aromatic carbocycles. The van der Waals surface area contributed by atoms with Gasteiger partial charge >= 0.3 is 0 Å². The van der Waals surface area contributed by atoms with E-state index < -0.39 is 10.0 Å². The van der Waals surface area contributed by atoms with Crippen molar-refractivity contribution in [3.63, 3.8) is 0 Å². The summed E-state index contributed by atoms with van der Waals surface area (Å²) in [6.45, 7) is 0.580. The van der Waals surface area contributed by atoms with E-state index in [4.69, 9.17) is 0 Å². The van der Waals surface area contributed by atoms with Gasteiger partial charge in [-0.05, 0) is 54.6 Å². The molecular weight excluding hydrogens is 362 g/mol. The van der Waals surface area contributed by atoms with Crippen LogP contribution in [0, 0.1) is 0 Å². The number of sulfonamides is 1. The van der Waals surface area contributed by atoms with E-state index in [1.54, 1.807) is 12.1 Å². The zero-order chi connectivity index (χ0) is 18.9. The molecule has 0 saturated heterocycles. The highest BCUT2D eigenvalue weighted by Crippen LogP contribution is 2.23. The summed E-state index contributed by atoms with van der Waals surface area (Å²) in [6, 6.07) is 16.4. The lowest BCUT2D eigenvalue weighted by Gasteiger charge is -2.09. The molecule has 1 amide bonds. The third-order valence-corrected chi connectivity index (χ3v) is 6.14. The largest absolute Gasteiger partial charge is 0.347 e. The molecule has 1 aliphatic rings. The first-order valence-electron chi connectivity index (χ1n) is 8.97. The summed E-state index contributed by atoms with van der Waals surface area (Å²) in [5.74, 6) is -0.112. The van der Waals surface area contributed by atoms with Crippen molar-refractivity contribution in [3.05, 3.63) is 60.8 Å². The number of carbonyl (C=O) groups is 1. The van der Waals surface area contributed by atoms with E-state index in [1.165, 1.54) is 12.1 Å². The fourth-order valence-corrected chi connectivity index (χ4v) is 4.29. The fourth-order valence-electron chi connectivity index (χ4n) is 2.99. The minimum Gasteiger partial charge on any atom is -0.347 e. The van der Waals surface area contributed by atoms with Gasteiger partial charge < -0.3 is 9.88 Å². The Hall–Kier alpha value is -2.64. The number of aryl methyl sites for hydroxylation is 1. The molecule has 1 aliphatic carbocycles. The van der Waals surface area contributed by atoms with Crippen molar-refractivity contribution in [2.45, 2.75) is 36.7 Å². The summed E-state index contributed by atoms with van der Waals surface area (Å²) in [5, 5.41) is 3.96. The Morgan fingerprint density at radius 2 is 1.78 bits per heavy atom. The molecule has 0 bridgehead atoms. The van der Waals surface area contributed by atoms with E-state index in [2.05, 4.69) is 10.0 Å². The van der Waals surface area contributed by atoms with Crippen LogP contribution in [0.4, 0.5) is 5.69 Å². The SMILES string of the molecule is O=C(CCn1ccc2ccccc21)Nc1ccc(S(=O)(=O)NC2CC2)cc1. The molecule has 0 atom stereocenters. The standard InChI is InChI=1S/C20H21N3O3S/c24-20(12-14-23-13-11-15-3-1-2-4-19(15)23)21-16-7-9-18(10-8-16)27(25,26)22-17-5-6-17/h1-4,7-11,13,17,22H,5-6,12,14H2,(H,21,24). The quantitative estimate of drug-likeness (QED) is 0.658. The smallest absolute Gasteiger partial charge is 0.240 e. The maximum absolute atomic E-state index is 12.2. The topological polar surface area (TPSA) is 80.2 Å². The number of hydrogen-bond acceptors (Lipinski definition) is 3. The third kappa shape index (κ3) is 4.20. The van der Waals surface area contributed by atoms with E-state index in [1.807, 2.05) is 41.1 Å². The van der Waals surface area contributed by atoms with Crippen molar-refractivity contribution < 1.29 is 13.2 Å². The van der Waals surface area contributed by atoms with Gasteiger partial charge in [0.1, 0.15) is 0 Å². The first kappa shape index (κ1) is 17.8. The Morgan fingerprint density at radius 1 is 1.04 bits per heavy atom. The van der Waals surface area contributed by atoms with E-state index in [9.17, 15) is 13.2 Å². The van der Waals surface area contributed by atoms with Crippen molar-refractivity contribution >= 4 is 32.5 Å². The maximum atomic E-state index is 12.2. The number of amides is 1. The number of carbonyl (C=O) groups excluding carboxylic acids is 1. The number of hydrogen-bond donors (Lipinski definition) is 2. The molecule has 1 saturated carbocycles. The molecule has 7 heteroatoms. The van der Waals surface area contributed by atoms with Gasteiger partial charge in [0.2, 0.25) is 15.9 Å². The predicted molar refractivity (Wildman–Crippen MR) is 105 cm³/mol. The summed E-state index contributed by atoms with van der Waals surface area (Å²) in [6.07, 6.45) is 4.10. The average Bonchev–Trinajstić information content (AvgIpc) is 3.36. The predicted octanol–water partition coefficient (Wildman–Crippen LogP) is 3.11. The number of nitrogens with one attached hydrogen (secondary N) is 2. The van der Waals surface area contributed by atoms with Crippen LogP contribution in [0.1, 0.15) is 19.3 Å². The number of fused-ring (bicyclic) bond motifs is 1. The van der Waals surface area contributed by atoms with Crippen LogP contribution in [-0.4, -0.2) is 24.9 Å². The molecule has 0 radical (unpaired) electrons. The van der Waals surface area contributed by atoms with Gasteiger partial charge in [-0.1, -0.05) is 18.2 Å². The third-order valence-electron chi connectivity index (χ3n) is 4.61. The molecule has 0 aliphatic heterocycles. The maximum Gasteiger partial charge on any atom is 0.240 e. The molecule has 2 N–H and O–H groups in total. The highest BCUT2D eigenvalue weighted by atomic mass is 32.2. The van der Waals surface area contributed by atoms with Crippen LogP contribution in [0.5, 0.6) is 0 Å². The first-order chi connectivity index (χ1) is 13.0. The van der Waals surface area contributed by atoms with Gasteiger partial charge in [-0.2, -0.15) is 0 Å². The minimum absolute atomic E-state index is 0.0687. The van der Waals surface area contributed by atoms with Gasteiger partial charge in [-0.15, -0.1) is 0 Å². The van der Waals surface area contributed by atoms with Crippen molar-refractivity contribution in [2.24, 2.45) is 0 Å². The first-order valence-corrected chi connectivity index (χ1v) is 10.5. The van der Waals surface area contributed by atoms with E-state index in [0.717, 1.165) is 23.7 Å². The molecular formula is C20H21N3O3S. The molecule has 1 heterocycles. The second-order valence-electron chi connectivity index (χ2n) is 6.79. The van der Waals surface area contributed by atoms with E-state index in [-0.39, 0.29) is 16.8 Å². The van der Waals surface area contributed by atoms with Crippen LogP contribution in [0.3, 0.4) is 0 Å². The zero-order valence-electron chi connectivity index (χ0n) is 14.8. The van der Waals surface area contributed by atoms with Crippen molar-refractivity contribution in [2.75, 3.05) is 5.32 Å². The molecule has 4 rings (SSSR count). The van der Waals surface area contributed by atoms with E-state index in [0.29, 0.717) is 18.7 Å². The lowest BCUT2D eigenvalue weighted by molar-refractivity contribution is -0.116. The molecule has 3 aromatic rings. The number of nitrogens with zero attached hydrogens (tertiary/aromatic N) is 1. The number of aromatic nitrogens is 1. The lowest BCUT2D eigenvalue weighted by Crippen LogP contribution is -2.25. The summed E-state index contributed by atoms with van der Waals surface area (Å²) in [4.78, 5) is 12.4. The average molecular weight is 383 g/mol. The summed E-state index contributed by atoms with van der Waals surface area (Å²) in [5.41, 5.74) is 1.69. The van der Waals surface area contributed by atoms with Crippen LogP contribution >= 0.6 is 0 Å². The monoisotopic (exact) mass is 383 g/mol. The second-order valence-corrected chi connectivity index (χ2v) is 8.50. The van der Waals surface area contributed by atoms with Gasteiger partial charge in [0.15, 0.2) is 0 Å². The Kier molecular flexibility index (Phi) is 4.72. The van der Waals surface area contributed by atoms with E-state index >= 15 is 0 Å². The fraction of sp³-hybridized carbons (Fsp3) is 0.250. The van der Waals surface area contributed by atoms with Gasteiger partial charge in [0, 0.05) is 36.4 Å². The van der Waals surface area contributed by atoms with Crippen molar-refractivity contribution in [1.29, 1.82) is 0 Å². The Balaban J connectivity index is 1.35. The van der Waals surface area contributed by atoms with Crippen molar-refractivity contribution in [1.82, 2.24) is 9.29 Å². The summed E-state index contributed by atoms with van der Waals surface area (Å²) < 4.78 is 29.0. The Bertz CT molecular complexity index is 1070. The molecule has 1 aromatic heterocycles. The molecule has 140 valence electrons. The van der Waals surface area contributed by atoms with Gasteiger partial charge in [-0.3, -0.25) is 4.79 Å². The van der Waals surface area contributed by atoms with Crippen LogP contribution in [0.25, 0.3) is 10.9 Å². The van der Waals surface area contributed by atoms with Crippen molar-refractivity contribution in [3.8, 4) is 0 Å². The molecule has 6 nitrogen and oxygen atoms in total. The second kappa shape index (κ2) is 7.17. The van der Waals surface area contributed by atoms with Gasteiger partial charge in [-0.25, -0.2) is 13.1 Å². The lowest BCUT2D eigenvalue weighted by atomic mass is 10.2. The highest BCUT2D eigenvalue weighted by molar-refractivity contribution is 7.89. The highest BCUT2D eigenvalue weighted by Gasteiger charge is 2.27. The molecule has 0 spiro atoms. The Labute approximate surface area is 158 Å². The normalized spacial score (nSPS) is 14.4.